The van der Waals surface area contributed by atoms with Crippen LogP contribution in [0.5, 0.6) is 0 Å². The van der Waals surface area contributed by atoms with Gasteiger partial charge >= 0.3 is 17.8 Å². The lowest BCUT2D eigenvalue weighted by Gasteiger charge is -2.42. The summed E-state index contributed by atoms with van der Waals surface area (Å²) in [5.41, 5.74) is 2.20. The molecule has 0 radical (unpaired) electrons. The average Bonchev–Trinajstić information content (AvgIpc) is 3.65. The standard InChI is InChI=1S/C36H38ClN9O7/c1-36(2,24-7-5-23(6-8-24)35(51)52)20-38-32(48)29(41-34(50)33(49)40-28-16-25(37)9-12-30(28)46-21-39-42-43-46)15-22-3-10-26(11-4-22)45-14-13-44(17-31(45)47)27-18-53-19-27/h3-12,16,21,27,29H,13-15,17-20H2,1-2H3,(H,38,48)(H,40,49)(H,41,50)(H,51,52)/t29-/m0/s1. The number of nitrogens with one attached hydrogen (secondary N) is 3. The Morgan fingerprint density at radius 2 is 1.74 bits per heavy atom. The number of aromatic carboxylic acids is 1. The maximum Gasteiger partial charge on any atom is 0.335 e. The van der Waals surface area contributed by atoms with Crippen molar-refractivity contribution in [3.63, 3.8) is 0 Å². The molecule has 16 nitrogen and oxygen atoms in total. The molecule has 276 valence electrons. The van der Waals surface area contributed by atoms with Crippen LogP contribution in [-0.2, 0) is 35.8 Å². The highest BCUT2D eigenvalue weighted by atomic mass is 35.5. The van der Waals surface area contributed by atoms with Gasteiger partial charge in [-0.1, -0.05) is 49.7 Å². The van der Waals surface area contributed by atoms with Gasteiger partial charge in [-0.05, 0) is 64.0 Å². The molecule has 0 unspecified atom stereocenters. The molecule has 2 saturated heterocycles. The van der Waals surface area contributed by atoms with Gasteiger partial charge in [0.1, 0.15) is 12.4 Å². The SMILES string of the molecule is CC(C)(CNC(=O)[C@H](Cc1ccc(N2CCN(C3COC3)CC2=O)cc1)NC(=O)C(=O)Nc1cc(Cl)ccc1-n1cnnn1)c1ccc(C(=O)O)cc1. The molecule has 53 heavy (non-hydrogen) atoms. The first-order chi connectivity index (χ1) is 25.4. The second-order valence-corrected chi connectivity index (χ2v) is 13.9. The van der Waals surface area contributed by atoms with E-state index in [4.69, 9.17) is 16.3 Å². The first-order valence-corrected chi connectivity index (χ1v) is 17.2. The van der Waals surface area contributed by atoms with Gasteiger partial charge in [-0.25, -0.2) is 4.79 Å². The summed E-state index contributed by atoms with van der Waals surface area (Å²) in [6.45, 7) is 6.73. The number of carbonyl (C=O) groups excluding carboxylic acids is 4. The van der Waals surface area contributed by atoms with Gasteiger partial charge in [-0.2, -0.15) is 4.68 Å². The molecule has 0 spiro atoms. The molecule has 3 aromatic carbocycles. The summed E-state index contributed by atoms with van der Waals surface area (Å²) < 4.78 is 6.56. The number of halogens is 1. The number of nitrogens with zero attached hydrogens (tertiary/aromatic N) is 6. The van der Waals surface area contributed by atoms with Crippen molar-refractivity contribution in [2.24, 2.45) is 0 Å². The third-order valence-corrected chi connectivity index (χ3v) is 9.56. The van der Waals surface area contributed by atoms with E-state index in [1.165, 1.54) is 29.2 Å². The number of hydrogen-bond acceptors (Lipinski definition) is 10. The molecule has 0 aliphatic carbocycles. The molecule has 2 aliphatic rings. The van der Waals surface area contributed by atoms with Gasteiger partial charge in [0.25, 0.3) is 0 Å². The van der Waals surface area contributed by atoms with Gasteiger partial charge < -0.3 is 30.7 Å². The topological polar surface area (TPSA) is 201 Å². The van der Waals surface area contributed by atoms with Crippen molar-refractivity contribution in [2.45, 2.75) is 37.8 Å². The predicted octanol–water partition coefficient (Wildman–Crippen LogP) is 1.82. The predicted molar refractivity (Wildman–Crippen MR) is 193 cm³/mol. The Labute approximate surface area is 309 Å². The smallest absolute Gasteiger partial charge is 0.335 e. The van der Waals surface area contributed by atoms with Crippen LogP contribution in [-0.4, -0.2) is 111 Å². The van der Waals surface area contributed by atoms with E-state index >= 15 is 0 Å². The number of anilines is 2. The van der Waals surface area contributed by atoms with E-state index in [1.807, 2.05) is 13.8 Å². The van der Waals surface area contributed by atoms with Crippen LogP contribution in [0.3, 0.4) is 0 Å². The molecule has 4 amide bonds. The lowest BCUT2D eigenvalue weighted by Crippen LogP contribution is -2.58. The van der Waals surface area contributed by atoms with Gasteiger partial charge in [0.15, 0.2) is 0 Å². The summed E-state index contributed by atoms with van der Waals surface area (Å²) in [6.07, 6.45) is 1.34. The quantitative estimate of drug-likeness (QED) is 0.154. The number of ether oxygens (including phenoxy) is 1. The fourth-order valence-corrected chi connectivity index (χ4v) is 6.22. The second kappa shape index (κ2) is 15.9. The summed E-state index contributed by atoms with van der Waals surface area (Å²) >= 11 is 6.17. The first-order valence-electron chi connectivity index (χ1n) is 16.9. The van der Waals surface area contributed by atoms with Gasteiger partial charge in [-0.15, -0.1) is 5.10 Å². The highest BCUT2D eigenvalue weighted by molar-refractivity contribution is 6.40. The number of piperazine rings is 1. The van der Waals surface area contributed by atoms with E-state index in [2.05, 4.69) is 36.4 Å². The Hall–Kier alpha value is -5.71. The van der Waals surface area contributed by atoms with Gasteiger partial charge in [0.2, 0.25) is 11.8 Å². The van der Waals surface area contributed by atoms with Gasteiger partial charge in [0.05, 0.1) is 42.7 Å². The van der Waals surface area contributed by atoms with Crippen molar-refractivity contribution in [3.8, 4) is 5.69 Å². The minimum Gasteiger partial charge on any atom is -0.478 e. The number of rotatable bonds is 12. The largest absolute Gasteiger partial charge is 0.478 e. The van der Waals surface area contributed by atoms with Crippen molar-refractivity contribution in [1.82, 2.24) is 35.7 Å². The Morgan fingerprint density at radius 1 is 1.00 bits per heavy atom. The van der Waals surface area contributed by atoms with Gasteiger partial charge in [-0.3, -0.25) is 24.1 Å². The van der Waals surface area contributed by atoms with Crippen molar-refractivity contribution in [2.75, 3.05) is 49.6 Å². The zero-order valence-electron chi connectivity index (χ0n) is 29.0. The monoisotopic (exact) mass is 743 g/mol. The summed E-state index contributed by atoms with van der Waals surface area (Å²) in [6, 6.07) is 17.2. The third-order valence-electron chi connectivity index (χ3n) is 9.32. The molecule has 4 aromatic rings. The number of aromatic nitrogens is 4. The molecule has 2 aliphatic heterocycles. The van der Waals surface area contributed by atoms with E-state index < -0.39 is 35.1 Å². The van der Waals surface area contributed by atoms with E-state index in [9.17, 15) is 29.1 Å². The maximum absolute atomic E-state index is 13.8. The molecular weight excluding hydrogens is 706 g/mol. The summed E-state index contributed by atoms with van der Waals surface area (Å²) in [5.74, 6) is -3.75. The van der Waals surface area contributed by atoms with Crippen LogP contribution in [0.15, 0.2) is 73.1 Å². The molecular formula is C36H38ClN9O7. The van der Waals surface area contributed by atoms with Crippen LogP contribution in [0.25, 0.3) is 5.69 Å². The van der Waals surface area contributed by atoms with Crippen molar-refractivity contribution in [3.05, 3.63) is 94.8 Å². The van der Waals surface area contributed by atoms with Crippen molar-refractivity contribution >= 4 is 52.6 Å². The van der Waals surface area contributed by atoms with Crippen molar-refractivity contribution in [1.29, 1.82) is 0 Å². The summed E-state index contributed by atoms with van der Waals surface area (Å²) in [7, 11) is 0. The van der Waals surface area contributed by atoms with Crippen LogP contribution < -0.4 is 20.9 Å². The highest BCUT2D eigenvalue weighted by Gasteiger charge is 2.33. The van der Waals surface area contributed by atoms with E-state index in [-0.39, 0.29) is 41.2 Å². The Kier molecular flexibility index (Phi) is 11.1. The van der Waals surface area contributed by atoms with E-state index in [1.54, 1.807) is 53.4 Å². The van der Waals surface area contributed by atoms with E-state index in [0.29, 0.717) is 43.2 Å². The van der Waals surface area contributed by atoms with Crippen LogP contribution >= 0.6 is 11.6 Å². The molecule has 6 rings (SSSR count). The second-order valence-electron chi connectivity index (χ2n) is 13.5. The minimum absolute atomic E-state index is 0.0189. The molecule has 4 N–H and O–H groups in total. The fraction of sp³-hybridized carbons (Fsp3) is 0.333. The van der Waals surface area contributed by atoms with Crippen molar-refractivity contribution < 1.29 is 33.8 Å². The fourth-order valence-electron chi connectivity index (χ4n) is 6.05. The first kappa shape index (κ1) is 37.1. The number of carboxylic acids is 1. The van der Waals surface area contributed by atoms with Gasteiger partial charge in [0, 0.05) is 42.2 Å². The number of hydrogen-bond donors (Lipinski definition) is 4. The molecule has 1 aromatic heterocycles. The molecule has 0 saturated carbocycles. The third kappa shape index (κ3) is 8.85. The molecule has 2 fully saturated rings. The van der Waals surface area contributed by atoms with E-state index in [0.717, 1.165) is 12.1 Å². The average molecular weight is 744 g/mol. The number of benzene rings is 3. The van der Waals surface area contributed by atoms with Crippen LogP contribution in [0.1, 0.15) is 35.3 Å². The van der Waals surface area contributed by atoms with Crippen LogP contribution in [0.4, 0.5) is 11.4 Å². The lowest BCUT2D eigenvalue weighted by atomic mass is 9.84. The zero-order valence-corrected chi connectivity index (χ0v) is 29.7. The number of carboxylic acid groups (broad SMARTS) is 1. The lowest BCUT2D eigenvalue weighted by molar-refractivity contribution is -0.138. The normalized spacial score (nSPS) is 15.7. The molecule has 0 bridgehead atoms. The zero-order chi connectivity index (χ0) is 37.7. The molecule has 3 heterocycles. The number of tetrazole rings is 1. The summed E-state index contributed by atoms with van der Waals surface area (Å²) in [5, 5.41) is 28.6. The Bertz CT molecular complexity index is 1990. The molecule has 1 atom stereocenters. The number of carbonyl (C=O) groups is 5. The number of amides is 4. The molecule has 17 heteroatoms. The summed E-state index contributed by atoms with van der Waals surface area (Å²) in [4.78, 5) is 68.5. The highest BCUT2D eigenvalue weighted by Crippen LogP contribution is 2.25. The van der Waals surface area contributed by atoms with Crippen LogP contribution in [0, 0.1) is 0 Å². The minimum atomic E-state index is -1.18. The Balaban J connectivity index is 1.16. The maximum atomic E-state index is 13.8. The Morgan fingerprint density at radius 3 is 2.36 bits per heavy atom. The van der Waals surface area contributed by atoms with Crippen LogP contribution in [0.2, 0.25) is 5.02 Å².